The zero-order valence-corrected chi connectivity index (χ0v) is 9.11. The van der Waals surface area contributed by atoms with Gasteiger partial charge in [0.2, 0.25) is 5.88 Å². The molecule has 2 heterocycles. The molecule has 2 aromatic heterocycles. The van der Waals surface area contributed by atoms with Gasteiger partial charge in [0.05, 0.1) is 24.8 Å². The molecule has 0 saturated heterocycles. The van der Waals surface area contributed by atoms with Gasteiger partial charge in [0.15, 0.2) is 0 Å². The molecule has 0 saturated carbocycles. The van der Waals surface area contributed by atoms with E-state index in [1.54, 1.807) is 26.2 Å². The summed E-state index contributed by atoms with van der Waals surface area (Å²) in [7, 11) is 1.55. The lowest BCUT2D eigenvalue weighted by atomic mass is 10.3. The Morgan fingerprint density at radius 3 is 3.00 bits per heavy atom. The molecule has 0 aliphatic rings. The fourth-order valence-electron chi connectivity index (χ4n) is 1.42. The molecule has 0 bridgehead atoms. The molecule has 16 heavy (non-hydrogen) atoms. The zero-order chi connectivity index (χ0) is 11.5. The molecule has 0 fully saturated rings. The third-order valence-electron chi connectivity index (χ3n) is 2.15. The van der Waals surface area contributed by atoms with Crippen LogP contribution >= 0.6 is 0 Å². The van der Waals surface area contributed by atoms with Gasteiger partial charge in [0.25, 0.3) is 0 Å². The number of nitrogens with one attached hydrogen (secondary N) is 1. The zero-order valence-electron chi connectivity index (χ0n) is 9.11. The van der Waals surface area contributed by atoms with Crippen molar-refractivity contribution in [1.29, 1.82) is 0 Å². The molecule has 5 nitrogen and oxygen atoms in total. The number of hydrogen-bond donors (Lipinski definition) is 1. The van der Waals surface area contributed by atoms with Crippen LogP contribution in [0.3, 0.4) is 0 Å². The predicted molar refractivity (Wildman–Crippen MR) is 58.6 cm³/mol. The highest BCUT2D eigenvalue weighted by Crippen LogP contribution is 2.17. The van der Waals surface area contributed by atoms with Crippen LogP contribution in [-0.2, 0) is 4.74 Å². The SMILES string of the molecule is CCOC(=O)c1cc2nc(OC)ccc2[nH]1. The lowest BCUT2D eigenvalue weighted by molar-refractivity contribution is 0.0520. The first kappa shape index (κ1) is 10.5. The van der Waals surface area contributed by atoms with Crippen LogP contribution in [0.1, 0.15) is 17.4 Å². The summed E-state index contributed by atoms with van der Waals surface area (Å²) in [6.07, 6.45) is 0. The molecule has 0 atom stereocenters. The van der Waals surface area contributed by atoms with Gasteiger partial charge < -0.3 is 14.5 Å². The second kappa shape index (κ2) is 4.22. The van der Waals surface area contributed by atoms with Crippen molar-refractivity contribution < 1.29 is 14.3 Å². The molecule has 0 amide bonds. The van der Waals surface area contributed by atoms with E-state index in [9.17, 15) is 4.79 Å². The molecule has 2 aromatic rings. The van der Waals surface area contributed by atoms with Gasteiger partial charge in [-0.2, -0.15) is 0 Å². The fraction of sp³-hybridized carbons (Fsp3) is 0.273. The number of aromatic amines is 1. The molecule has 84 valence electrons. The lowest BCUT2D eigenvalue weighted by Crippen LogP contribution is -2.04. The number of carbonyl (C=O) groups excluding carboxylic acids is 1. The number of hydrogen-bond acceptors (Lipinski definition) is 4. The van der Waals surface area contributed by atoms with E-state index in [1.807, 2.05) is 6.07 Å². The smallest absolute Gasteiger partial charge is 0.354 e. The van der Waals surface area contributed by atoms with Gasteiger partial charge in [-0.05, 0) is 19.1 Å². The number of esters is 1. The van der Waals surface area contributed by atoms with Gasteiger partial charge in [0.1, 0.15) is 5.69 Å². The van der Waals surface area contributed by atoms with Gasteiger partial charge in [-0.25, -0.2) is 9.78 Å². The summed E-state index contributed by atoms with van der Waals surface area (Å²) in [5, 5.41) is 0. The Labute approximate surface area is 92.4 Å². The molecule has 1 N–H and O–H groups in total. The highest BCUT2D eigenvalue weighted by Gasteiger charge is 2.11. The van der Waals surface area contributed by atoms with E-state index in [0.29, 0.717) is 23.7 Å². The minimum atomic E-state index is -0.375. The summed E-state index contributed by atoms with van der Waals surface area (Å²) in [5.74, 6) is 0.140. The molecule has 0 aliphatic heterocycles. The third-order valence-corrected chi connectivity index (χ3v) is 2.15. The lowest BCUT2D eigenvalue weighted by Gasteiger charge is -1.96. The van der Waals surface area contributed by atoms with Crippen LogP contribution in [0.4, 0.5) is 0 Å². The normalized spacial score (nSPS) is 10.4. The number of aromatic nitrogens is 2. The Hall–Kier alpha value is -2.04. The molecule has 0 aromatic carbocycles. The molecule has 0 spiro atoms. The Balaban J connectivity index is 2.39. The Morgan fingerprint density at radius 1 is 1.50 bits per heavy atom. The van der Waals surface area contributed by atoms with E-state index in [-0.39, 0.29) is 5.97 Å². The van der Waals surface area contributed by atoms with Crippen LogP contribution < -0.4 is 4.74 Å². The van der Waals surface area contributed by atoms with E-state index >= 15 is 0 Å². The number of rotatable bonds is 3. The monoisotopic (exact) mass is 220 g/mol. The standard InChI is InChI=1S/C11H12N2O3/c1-3-16-11(14)9-6-8-7(12-9)4-5-10(13-8)15-2/h4-6,12H,3H2,1-2H3. The van der Waals surface area contributed by atoms with Crippen LogP contribution in [-0.4, -0.2) is 29.7 Å². The molecular formula is C11H12N2O3. The van der Waals surface area contributed by atoms with Crippen LogP contribution in [0.2, 0.25) is 0 Å². The maximum Gasteiger partial charge on any atom is 0.354 e. The first-order chi connectivity index (χ1) is 7.74. The number of nitrogens with zero attached hydrogens (tertiary/aromatic N) is 1. The van der Waals surface area contributed by atoms with Crippen LogP contribution in [0, 0.1) is 0 Å². The highest BCUT2D eigenvalue weighted by atomic mass is 16.5. The minimum Gasteiger partial charge on any atom is -0.481 e. The third kappa shape index (κ3) is 1.84. The Kier molecular flexibility index (Phi) is 2.76. The van der Waals surface area contributed by atoms with Gasteiger partial charge in [0, 0.05) is 6.07 Å². The Morgan fingerprint density at radius 2 is 2.31 bits per heavy atom. The summed E-state index contributed by atoms with van der Waals surface area (Å²) in [6, 6.07) is 5.19. The molecule has 0 aliphatic carbocycles. The van der Waals surface area contributed by atoms with Crippen molar-refractivity contribution in [3.05, 3.63) is 23.9 Å². The molecule has 0 unspecified atom stereocenters. The van der Waals surface area contributed by atoms with Crippen LogP contribution in [0.15, 0.2) is 18.2 Å². The summed E-state index contributed by atoms with van der Waals surface area (Å²) >= 11 is 0. The summed E-state index contributed by atoms with van der Waals surface area (Å²) in [5.41, 5.74) is 1.86. The Bertz CT molecular complexity index is 519. The molecule has 5 heteroatoms. The van der Waals surface area contributed by atoms with Crippen molar-refractivity contribution in [2.24, 2.45) is 0 Å². The van der Waals surface area contributed by atoms with Crippen LogP contribution in [0.5, 0.6) is 5.88 Å². The van der Waals surface area contributed by atoms with Crippen molar-refractivity contribution in [1.82, 2.24) is 9.97 Å². The average Bonchev–Trinajstić information content (AvgIpc) is 2.71. The number of pyridine rings is 1. The average molecular weight is 220 g/mol. The molecule has 0 radical (unpaired) electrons. The van der Waals surface area contributed by atoms with Crippen molar-refractivity contribution >= 4 is 17.0 Å². The van der Waals surface area contributed by atoms with Crippen molar-refractivity contribution in [2.45, 2.75) is 6.92 Å². The quantitative estimate of drug-likeness (QED) is 0.800. The van der Waals surface area contributed by atoms with E-state index in [0.717, 1.165) is 5.52 Å². The van der Waals surface area contributed by atoms with Gasteiger partial charge in [-0.1, -0.05) is 0 Å². The fourth-order valence-corrected chi connectivity index (χ4v) is 1.42. The minimum absolute atomic E-state index is 0.352. The maximum atomic E-state index is 11.5. The first-order valence-electron chi connectivity index (χ1n) is 4.95. The van der Waals surface area contributed by atoms with E-state index in [4.69, 9.17) is 9.47 Å². The second-order valence-electron chi connectivity index (χ2n) is 3.19. The van der Waals surface area contributed by atoms with Gasteiger partial charge in [-0.15, -0.1) is 0 Å². The summed E-state index contributed by atoms with van der Waals surface area (Å²) in [4.78, 5) is 18.6. The van der Waals surface area contributed by atoms with Crippen molar-refractivity contribution in [3.8, 4) is 5.88 Å². The molecule has 2 rings (SSSR count). The topological polar surface area (TPSA) is 64.2 Å². The van der Waals surface area contributed by atoms with E-state index < -0.39 is 0 Å². The maximum absolute atomic E-state index is 11.5. The summed E-state index contributed by atoms with van der Waals surface area (Å²) in [6.45, 7) is 2.12. The number of H-pyrrole nitrogens is 1. The first-order valence-corrected chi connectivity index (χ1v) is 4.95. The summed E-state index contributed by atoms with van der Waals surface area (Å²) < 4.78 is 9.88. The van der Waals surface area contributed by atoms with Crippen LogP contribution in [0.25, 0.3) is 11.0 Å². The van der Waals surface area contributed by atoms with E-state index in [2.05, 4.69) is 9.97 Å². The number of methoxy groups -OCH3 is 1. The second-order valence-corrected chi connectivity index (χ2v) is 3.19. The number of carbonyl (C=O) groups is 1. The highest BCUT2D eigenvalue weighted by molar-refractivity contribution is 5.93. The van der Waals surface area contributed by atoms with Gasteiger partial charge in [-0.3, -0.25) is 0 Å². The predicted octanol–water partition coefficient (Wildman–Crippen LogP) is 1.75. The van der Waals surface area contributed by atoms with Crippen molar-refractivity contribution in [2.75, 3.05) is 13.7 Å². The van der Waals surface area contributed by atoms with Crippen molar-refractivity contribution in [3.63, 3.8) is 0 Å². The number of ether oxygens (including phenoxy) is 2. The molecular weight excluding hydrogens is 208 g/mol. The van der Waals surface area contributed by atoms with E-state index in [1.165, 1.54) is 0 Å². The largest absolute Gasteiger partial charge is 0.481 e. The number of fused-ring (bicyclic) bond motifs is 1. The van der Waals surface area contributed by atoms with Gasteiger partial charge >= 0.3 is 5.97 Å².